The van der Waals surface area contributed by atoms with Gasteiger partial charge in [-0.2, -0.15) is 13.2 Å². The Bertz CT molecular complexity index is 395. The average Bonchev–Trinajstić information content (AvgIpc) is 2.11. The summed E-state index contributed by atoms with van der Waals surface area (Å²) in [6.07, 6.45) is -3.59. The Morgan fingerprint density at radius 3 is 2.21 bits per heavy atom. The van der Waals surface area contributed by atoms with Gasteiger partial charge in [0.1, 0.15) is 6.04 Å². The van der Waals surface area contributed by atoms with E-state index in [9.17, 15) is 26.4 Å². The molecule has 10 heteroatoms. The minimum atomic E-state index is -4.58. The molecule has 6 nitrogen and oxygen atoms in total. The van der Waals surface area contributed by atoms with E-state index < -0.39 is 34.8 Å². The molecule has 0 heterocycles. The number of halogens is 3. The summed E-state index contributed by atoms with van der Waals surface area (Å²) in [6.45, 7) is 1.83. The third kappa shape index (κ3) is 10.7. The Morgan fingerprint density at radius 2 is 1.84 bits per heavy atom. The quantitative estimate of drug-likeness (QED) is 0.673. The van der Waals surface area contributed by atoms with Crippen LogP contribution in [0.5, 0.6) is 0 Å². The summed E-state index contributed by atoms with van der Waals surface area (Å²) in [5, 5.41) is 0. The molecule has 0 bridgehead atoms. The second kappa shape index (κ2) is 7.06. The largest absolute Gasteiger partial charge is 0.414 e. The summed E-state index contributed by atoms with van der Waals surface area (Å²) in [5.41, 5.74) is 1.58. The van der Waals surface area contributed by atoms with E-state index in [0.29, 0.717) is 0 Å². The van der Waals surface area contributed by atoms with Crippen LogP contribution in [-0.4, -0.2) is 39.4 Å². The van der Waals surface area contributed by atoms with Crippen LogP contribution >= 0.6 is 0 Å². The summed E-state index contributed by atoms with van der Waals surface area (Å²) in [5.74, 6) is -1.00. The van der Waals surface area contributed by atoms with Crippen molar-refractivity contribution in [1.82, 2.24) is 10.2 Å². The zero-order chi connectivity index (χ0) is 15.3. The molecule has 0 aromatic carbocycles. The fraction of sp³-hybridized carbons (Fsp3) is 0.889. The van der Waals surface area contributed by atoms with E-state index in [1.807, 2.05) is 4.72 Å². The molecule has 0 aromatic rings. The van der Waals surface area contributed by atoms with Crippen molar-refractivity contribution >= 4 is 15.9 Å². The molecule has 1 unspecified atom stereocenters. The molecule has 2 N–H and O–H groups in total. The van der Waals surface area contributed by atoms with Crippen LogP contribution in [-0.2, 0) is 19.7 Å². The summed E-state index contributed by atoms with van der Waals surface area (Å²) in [4.78, 5) is 15.5. The lowest BCUT2D eigenvalue weighted by atomic mass is 10.0. The summed E-state index contributed by atoms with van der Waals surface area (Å²) in [7, 11) is -3.66. The van der Waals surface area contributed by atoms with Gasteiger partial charge in [0.05, 0.1) is 6.26 Å². The molecule has 0 rings (SSSR count). The van der Waals surface area contributed by atoms with Crippen molar-refractivity contribution in [2.75, 3.05) is 12.9 Å². The van der Waals surface area contributed by atoms with Crippen molar-refractivity contribution < 1.29 is 31.2 Å². The van der Waals surface area contributed by atoms with Crippen LogP contribution < -0.4 is 10.2 Å². The Kier molecular flexibility index (Phi) is 6.73. The minimum Gasteiger partial charge on any atom is -0.271 e. The average molecular weight is 306 g/mol. The highest BCUT2D eigenvalue weighted by atomic mass is 32.2. The fourth-order valence-electron chi connectivity index (χ4n) is 1.20. The van der Waals surface area contributed by atoms with Gasteiger partial charge in [0.25, 0.3) is 5.91 Å². The lowest BCUT2D eigenvalue weighted by Crippen LogP contribution is -2.47. The Balaban J connectivity index is 4.47. The third-order valence-corrected chi connectivity index (χ3v) is 2.50. The number of hydrogen-bond acceptors (Lipinski definition) is 4. The molecule has 0 aliphatic heterocycles. The van der Waals surface area contributed by atoms with Gasteiger partial charge in [0.2, 0.25) is 10.0 Å². The number of rotatable bonds is 7. The number of sulfonamides is 1. The van der Waals surface area contributed by atoms with E-state index in [-0.39, 0.29) is 12.3 Å². The number of hydroxylamine groups is 1. The maximum atomic E-state index is 11.8. The standard InChI is InChI=1S/C9H17F3N2O4S/c1-6(2)4-7(14-19(3,16)17)8(15)13-18-5-9(10,11)12/h6-7,14H,4-5H2,1-3H3,(H,13,15). The number of hydrogen-bond donors (Lipinski definition) is 2. The van der Waals surface area contributed by atoms with E-state index in [0.717, 1.165) is 6.26 Å². The van der Waals surface area contributed by atoms with Gasteiger partial charge in [-0.3, -0.25) is 9.63 Å². The summed E-state index contributed by atoms with van der Waals surface area (Å²) >= 11 is 0. The smallest absolute Gasteiger partial charge is 0.271 e. The van der Waals surface area contributed by atoms with Crippen LogP contribution in [0.2, 0.25) is 0 Å². The maximum absolute atomic E-state index is 11.8. The van der Waals surface area contributed by atoms with Crippen LogP contribution in [0, 0.1) is 5.92 Å². The first-order chi connectivity index (χ1) is 8.41. The fourth-order valence-corrected chi connectivity index (χ4v) is 1.92. The first-order valence-electron chi connectivity index (χ1n) is 5.36. The van der Waals surface area contributed by atoms with Crippen LogP contribution in [0.25, 0.3) is 0 Å². The Morgan fingerprint density at radius 1 is 1.32 bits per heavy atom. The zero-order valence-corrected chi connectivity index (χ0v) is 11.6. The lowest BCUT2D eigenvalue weighted by Gasteiger charge is -2.19. The predicted molar refractivity (Wildman–Crippen MR) is 61.4 cm³/mol. The second-order valence-electron chi connectivity index (χ2n) is 4.44. The Labute approximate surface area is 109 Å². The first kappa shape index (κ1) is 18.1. The van der Waals surface area contributed by atoms with Gasteiger partial charge in [-0.25, -0.2) is 18.6 Å². The number of amides is 1. The third-order valence-electron chi connectivity index (χ3n) is 1.79. The number of nitrogens with one attached hydrogen (secondary N) is 2. The van der Waals surface area contributed by atoms with Crippen LogP contribution in [0.1, 0.15) is 20.3 Å². The number of carbonyl (C=O) groups is 1. The first-order valence-corrected chi connectivity index (χ1v) is 7.25. The zero-order valence-electron chi connectivity index (χ0n) is 10.7. The molecule has 1 atom stereocenters. The van der Waals surface area contributed by atoms with E-state index in [4.69, 9.17) is 0 Å². The van der Waals surface area contributed by atoms with Gasteiger partial charge in [0, 0.05) is 0 Å². The van der Waals surface area contributed by atoms with Crippen molar-refractivity contribution in [2.45, 2.75) is 32.5 Å². The molecule has 0 fully saturated rings. The normalized spacial score (nSPS) is 14.5. The van der Waals surface area contributed by atoms with Crippen molar-refractivity contribution in [2.24, 2.45) is 5.92 Å². The van der Waals surface area contributed by atoms with Crippen LogP contribution in [0.15, 0.2) is 0 Å². The molecular weight excluding hydrogens is 289 g/mol. The molecule has 1 amide bonds. The lowest BCUT2D eigenvalue weighted by molar-refractivity contribution is -0.192. The monoisotopic (exact) mass is 306 g/mol. The second-order valence-corrected chi connectivity index (χ2v) is 6.22. The molecule has 0 radical (unpaired) electrons. The molecular formula is C9H17F3N2O4S. The molecule has 0 saturated heterocycles. The number of alkyl halides is 3. The number of carbonyl (C=O) groups excluding carboxylic acids is 1. The van der Waals surface area contributed by atoms with Gasteiger partial charge in [-0.1, -0.05) is 13.8 Å². The highest BCUT2D eigenvalue weighted by molar-refractivity contribution is 7.88. The van der Waals surface area contributed by atoms with Crippen molar-refractivity contribution in [3.63, 3.8) is 0 Å². The van der Waals surface area contributed by atoms with Gasteiger partial charge in [-0.15, -0.1) is 0 Å². The molecule has 0 aromatic heterocycles. The van der Waals surface area contributed by atoms with Gasteiger partial charge >= 0.3 is 6.18 Å². The maximum Gasteiger partial charge on any atom is 0.414 e. The van der Waals surface area contributed by atoms with Crippen LogP contribution in [0.3, 0.4) is 0 Å². The molecule has 19 heavy (non-hydrogen) atoms. The van der Waals surface area contributed by atoms with E-state index in [1.54, 1.807) is 19.3 Å². The molecule has 114 valence electrons. The highest BCUT2D eigenvalue weighted by Crippen LogP contribution is 2.13. The summed E-state index contributed by atoms with van der Waals surface area (Å²) in [6, 6.07) is -1.18. The van der Waals surface area contributed by atoms with E-state index >= 15 is 0 Å². The topological polar surface area (TPSA) is 84.5 Å². The molecule has 0 aliphatic rings. The molecule has 0 spiro atoms. The van der Waals surface area contributed by atoms with Gasteiger partial charge in [0.15, 0.2) is 6.61 Å². The van der Waals surface area contributed by atoms with Crippen LogP contribution in [0.4, 0.5) is 13.2 Å². The molecule has 0 aliphatic carbocycles. The minimum absolute atomic E-state index is 0.0346. The van der Waals surface area contributed by atoms with Crippen molar-refractivity contribution in [3.8, 4) is 0 Å². The van der Waals surface area contributed by atoms with Crippen molar-refractivity contribution in [1.29, 1.82) is 0 Å². The van der Waals surface area contributed by atoms with Gasteiger partial charge < -0.3 is 0 Å². The summed E-state index contributed by atoms with van der Waals surface area (Å²) < 4.78 is 59.5. The highest BCUT2D eigenvalue weighted by Gasteiger charge is 2.29. The molecule has 0 saturated carbocycles. The predicted octanol–water partition coefficient (Wildman–Crippen LogP) is 0.560. The van der Waals surface area contributed by atoms with Gasteiger partial charge in [-0.05, 0) is 12.3 Å². The van der Waals surface area contributed by atoms with E-state index in [1.165, 1.54) is 0 Å². The van der Waals surface area contributed by atoms with E-state index in [2.05, 4.69) is 4.84 Å². The van der Waals surface area contributed by atoms with Crippen molar-refractivity contribution in [3.05, 3.63) is 0 Å². The SMILES string of the molecule is CC(C)CC(NS(C)(=O)=O)C(=O)NOCC(F)(F)F. The Hall–Kier alpha value is -0.870.